The molecule has 1 atom stereocenters. The van der Waals surface area contributed by atoms with E-state index in [1.165, 1.54) is 6.92 Å². The second-order valence-corrected chi connectivity index (χ2v) is 7.02. The van der Waals surface area contributed by atoms with E-state index in [2.05, 4.69) is 10.3 Å². The normalized spacial score (nSPS) is 18.6. The highest BCUT2D eigenvalue weighted by Crippen LogP contribution is 2.36. The Balaban J connectivity index is 1.82. The molecule has 0 radical (unpaired) electrons. The minimum atomic E-state index is -1.65. The molecule has 7 heteroatoms. The highest BCUT2D eigenvalue weighted by molar-refractivity contribution is 6.30. The number of halogens is 1. The maximum Gasteiger partial charge on any atom is 0.282 e. The first kappa shape index (κ1) is 19.2. The standard InChI is InChI=1S/C20H22ClN3O3/c1-3-4-11-24-17-16(9-6-10-22-17)27-20(2,19(24)26)18(25)23-13-14-7-5-8-15(21)12-14/h5-10,12H,3-4,11,13H2,1-2H3,(H,23,25)/t20-/m1/s1. The summed E-state index contributed by atoms with van der Waals surface area (Å²) in [5, 5.41) is 3.37. The topological polar surface area (TPSA) is 71.5 Å². The summed E-state index contributed by atoms with van der Waals surface area (Å²) in [4.78, 5) is 31.8. The fourth-order valence-corrected chi connectivity index (χ4v) is 3.16. The van der Waals surface area contributed by atoms with Crippen LogP contribution in [0, 0.1) is 0 Å². The summed E-state index contributed by atoms with van der Waals surface area (Å²) in [5.74, 6) is -0.0288. The number of hydrogen-bond acceptors (Lipinski definition) is 4. The summed E-state index contributed by atoms with van der Waals surface area (Å²) in [6, 6.07) is 10.6. The predicted octanol–water partition coefficient (Wildman–Crippen LogP) is 3.34. The molecule has 0 unspecified atom stereocenters. The monoisotopic (exact) mass is 387 g/mol. The van der Waals surface area contributed by atoms with Crippen LogP contribution < -0.4 is 15.0 Å². The van der Waals surface area contributed by atoms with Crippen LogP contribution in [-0.2, 0) is 16.1 Å². The summed E-state index contributed by atoms with van der Waals surface area (Å²) >= 11 is 5.98. The lowest BCUT2D eigenvalue weighted by Gasteiger charge is -2.38. The predicted molar refractivity (Wildman–Crippen MR) is 104 cm³/mol. The van der Waals surface area contributed by atoms with E-state index in [0.717, 1.165) is 18.4 Å². The van der Waals surface area contributed by atoms with Gasteiger partial charge in [0.15, 0.2) is 11.6 Å². The van der Waals surface area contributed by atoms with Crippen LogP contribution >= 0.6 is 11.6 Å². The van der Waals surface area contributed by atoms with Gasteiger partial charge in [0.2, 0.25) is 0 Å². The molecule has 0 saturated carbocycles. The number of carbonyl (C=O) groups is 2. The van der Waals surface area contributed by atoms with Gasteiger partial charge in [0, 0.05) is 24.3 Å². The van der Waals surface area contributed by atoms with Crippen LogP contribution in [-0.4, -0.2) is 28.9 Å². The van der Waals surface area contributed by atoms with E-state index < -0.39 is 17.4 Å². The molecular weight excluding hydrogens is 366 g/mol. The van der Waals surface area contributed by atoms with E-state index in [9.17, 15) is 9.59 Å². The fraction of sp³-hybridized carbons (Fsp3) is 0.350. The Morgan fingerprint density at radius 3 is 2.89 bits per heavy atom. The molecule has 0 aliphatic carbocycles. The quantitative estimate of drug-likeness (QED) is 0.772. The van der Waals surface area contributed by atoms with Gasteiger partial charge in [0.1, 0.15) is 0 Å². The Morgan fingerprint density at radius 1 is 1.33 bits per heavy atom. The Kier molecular flexibility index (Phi) is 5.65. The second kappa shape index (κ2) is 7.96. The van der Waals surface area contributed by atoms with Crippen molar-refractivity contribution < 1.29 is 14.3 Å². The average molecular weight is 388 g/mol. The summed E-state index contributed by atoms with van der Waals surface area (Å²) in [5.41, 5.74) is -0.810. The molecule has 0 bridgehead atoms. The third kappa shape index (κ3) is 3.90. The van der Waals surface area contributed by atoms with E-state index in [1.54, 1.807) is 35.4 Å². The number of nitrogens with one attached hydrogen (secondary N) is 1. The molecule has 1 aromatic heterocycles. The molecule has 1 aliphatic rings. The smallest absolute Gasteiger partial charge is 0.282 e. The summed E-state index contributed by atoms with van der Waals surface area (Å²) in [6.07, 6.45) is 3.34. The summed E-state index contributed by atoms with van der Waals surface area (Å²) in [6.45, 7) is 4.28. The van der Waals surface area contributed by atoms with Gasteiger partial charge in [-0.3, -0.25) is 14.5 Å². The lowest BCUT2D eigenvalue weighted by Crippen LogP contribution is -2.62. The molecule has 2 aromatic rings. The number of benzene rings is 1. The number of ether oxygens (including phenoxy) is 1. The number of hydrogen-bond donors (Lipinski definition) is 1. The number of carbonyl (C=O) groups excluding carboxylic acids is 2. The molecule has 1 aromatic carbocycles. The van der Waals surface area contributed by atoms with E-state index >= 15 is 0 Å². The van der Waals surface area contributed by atoms with Gasteiger partial charge in [-0.15, -0.1) is 0 Å². The fourth-order valence-electron chi connectivity index (χ4n) is 2.95. The van der Waals surface area contributed by atoms with Crippen molar-refractivity contribution in [2.45, 2.75) is 38.8 Å². The summed E-state index contributed by atoms with van der Waals surface area (Å²) < 4.78 is 5.82. The van der Waals surface area contributed by atoms with Crippen LogP contribution in [0.25, 0.3) is 0 Å². The first-order chi connectivity index (χ1) is 13.0. The minimum Gasteiger partial charge on any atom is -0.464 e. The average Bonchev–Trinajstić information content (AvgIpc) is 2.66. The molecule has 27 heavy (non-hydrogen) atoms. The molecule has 0 saturated heterocycles. The molecule has 0 fully saturated rings. The van der Waals surface area contributed by atoms with Crippen LogP contribution in [0.15, 0.2) is 42.6 Å². The number of nitrogens with zero attached hydrogens (tertiary/aromatic N) is 2. The van der Waals surface area contributed by atoms with E-state index in [1.807, 2.05) is 19.1 Å². The molecule has 3 rings (SSSR count). The van der Waals surface area contributed by atoms with E-state index in [4.69, 9.17) is 16.3 Å². The summed E-state index contributed by atoms with van der Waals surface area (Å²) in [7, 11) is 0. The van der Waals surface area contributed by atoms with Crippen molar-refractivity contribution in [3.63, 3.8) is 0 Å². The van der Waals surface area contributed by atoms with Crippen molar-refractivity contribution in [1.82, 2.24) is 10.3 Å². The Labute approximate surface area is 163 Å². The minimum absolute atomic E-state index is 0.250. The Bertz CT molecular complexity index is 858. The van der Waals surface area contributed by atoms with Gasteiger partial charge in [-0.1, -0.05) is 37.1 Å². The number of pyridine rings is 1. The Morgan fingerprint density at radius 2 is 2.15 bits per heavy atom. The molecule has 6 nitrogen and oxygen atoms in total. The lowest BCUT2D eigenvalue weighted by atomic mass is 10.0. The third-order valence-electron chi connectivity index (χ3n) is 4.48. The van der Waals surface area contributed by atoms with E-state index in [-0.39, 0.29) is 6.54 Å². The zero-order valence-electron chi connectivity index (χ0n) is 15.4. The van der Waals surface area contributed by atoms with Crippen LogP contribution in [0.1, 0.15) is 32.3 Å². The molecule has 0 spiro atoms. The van der Waals surface area contributed by atoms with Crippen molar-refractivity contribution in [3.8, 4) is 5.75 Å². The number of anilines is 1. The van der Waals surface area contributed by atoms with Crippen LogP contribution in [0.2, 0.25) is 5.02 Å². The number of unbranched alkanes of at least 4 members (excludes halogenated alkanes) is 1. The molecule has 142 valence electrons. The molecule has 1 aliphatic heterocycles. The van der Waals surface area contributed by atoms with Crippen molar-refractivity contribution >= 4 is 29.2 Å². The van der Waals surface area contributed by atoms with E-state index in [0.29, 0.717) is 23.1 Å². The molecular formula is C20H22ClN3O3. The second-order valence-electron chi connectivity index (χ2n) is 6.58. The first-order valence-electron chi connectivity index (χ1n) is 8.94. The van der Waals surface area contributed by atoms with Gasteiger partial charge < -0.3 is 10.1 Å². The highest BCUT2D eigenvalue weighted by Gasteiger charge is 2.50. The van der Waals surface area contributed by atoms with Gasteiger partial charge >= 0.3 is 0 Å². The number of rotatable bonds is 6. The molecule has 1 N–H and O–H groups in total. The maximum absolute atomic E-state index is 13.1. The van der Waals surface area contributed by atoms with Gasteiger partial charge in [-0.2, -0.15) is 0 Å². The largest absolute Gasteiger partial charge is 0.464 e. The zero-order chi connectivity index (χ0) is 19.4. The zero-order valence-corrected chi connectivity index (χ0v) is 16.1. The lowest BCUT2D eigenvalue weighted by molar-refractivity contribution is -0.148. The van der Waals surface area contributed by atoms with Crippen LogP contribution in [0.5, 0.6) is 5.75 Å². The Hall–Kier alpha value is -2.60. The van der Waals surface area contributed by atoms with Gasteiger partial charge in [-0.05, 0) is 43.2 Å². The van der Waals surface area contributed by atoms with Crippen molar-refractivity contribution in [1.29, 1.82) is 0 Å². The molecule has 2 heterocycles. The van der Waals surface area contributed by atoms with Gasteiger partial charge in [-0.25, -0.2) is 4.98 Å². The molecule has 2 amide bonds. The maximum atomic E-state index is 13.1. The van der Waals surface area contributed by atoms with Crippen LogP contribution in [0.4, 0.5) is 5.82 Å². The number of amides is 2. The highest BCUT2D eigenvalue weighted by atomic mass is 35.5. The third-order valence-corrected chi connectivity index (χ3v) is 4.72. The van der Waals surface area contributed by atoms with Crippen molar-refractivity contribution in [2.24, 2.45) is 0 Å². The van der Waals surface area contributed by atoms with Crippen molar-refractivity contribution in [3.05, 3.63) is 53.2 Å². The SMILES string of the molecule is CCCCN1C(=O)[C@@](C)(C(=O)NCc2cccc(Cl)c2)Oc2cccnc21. The van der Waals surface area contributed by atoms with Crippen molar-refractivity contribution in [2.75, 3.05) is 11.4 Å². The number of aromatic nitrogens is 1. The van der Waals surface area contributed by atoms with Gasteiger partial charge in [0.25, 0.3) is 17.4 Å². The van der Waals surface area contributed by atoms with Crippen LogP contribution in [0.3, 0.4) is 0 Å². The first-order valence-corrected chi connectivity index (χ1v) is 9.32. The van der Waals surface area contributed by atoms with Gasteiger partial charge in [0.05, 0.1) is 0 Å². The number of fused-ring (bicyclic) bond motifs is 1.